The summed E-state index contributed by atoms with van der Waals surface area (Å²) in [5.74, 6) is -0.871. The molecule has 1 N–H and O–H groups in total. The lowest BCUT2D eigenvalue weighted by molar-refractivity contribution is -0.117. The lowest BCUT2D eigenvalue weighted by Crippen LogP contribution is -2.47. The lowest BCUT2D eigenvalue weighted by Gasteiger charge is -2.35. The Hall–Kier alpha value is -2.66. The highest BCUT2D eigenvalue weighted by atomic mass is 35.5. The number of carbonyl (C=O) groups is 2. The number of halogens is 2. The van der Waals surface area contributed by atoms with E-state index in [0.717, 1.165) is 6.26 Å². The summed E-state index contributed by atoms with van der Waals surface area (Å²) in [4.78, 5) is 28.4. The predicted molar refractivity (Wildman–Crippen MR) is 113 cm³/mol. The second kappa shape index (κ2) is 7.79. The molecule has 2 aliphatic rings. The Labute approximate surface area is 183 Å². The molecule has 0 aliphatic carbocycles. The molecule has 3 heterocycles. The van der Waals surface area contributed by atoms with Crippen LogP contribution in [0.5, 0.6) is 0 Å². The molecule has 2 aliphatic heterocycles. The van der Waals surface area contributed by atoms with Gasteiger partial charge in [-0.25, -0.2) is 17.6 Å². The molecule has 2 aromatic rings. The first-order valence-electron chi connectivity index (χ1n) is 9.61. The van der Waals surface area contributed by atoms with E-state index < -0.39 is 26.9 Å². The van der Waals surface area contributed by atoms with Crippen LogP contribution in [-0.4, -0.2) is 59.1 Å². The third kappa shape index (κ3) is 4.11. The fourth-order valence-corrected chi connectivity index (χ4v) is 4.89. The van der Waals surface area contributed by atoms with E-state index >= 15 is 0 Å². The van der Waals surface area contributed by atoms with Crippen molar-refractivity contribution in [3.63, 3.8) is 0 Å². The number of fused-ring (bicyclic) bond motifs is 1. The third-order valence-corrected chi connectivity index (χ3v) is 7.45. The molecule has 166 valence electrons. The van der Waals surface area contributed by atoms with E-state index in [2.05, 4.69) is 10.4 Å². The van der Waals surface area contributed by atoms with Gasteiger partial charge in [0, 0.05) is 24.9 Å². The van der Waals surface area contributed by atoms with Gasteiger partial charge in [-0.05, 0) is 25.1 Å². The molecular formula is C19H21ClFN5O4S. The van der Waals surface area contributed by atoms with Gasteiger partial charge >= 0.3 is 6.03 Å². The molecule has 12 heteroatoms. The summed E-state index contributed by atoms with van der Waals surface area (Å²) in [7, 11) is -3.36. The Morgan fingerprint density at radius 2 is 2.06 bits per heavy atom. The van der Waals surface area contributed by atoms with Crippen molar-refractivity contribution in [2.45, 2.75) is 37.7 Å². The fourth-order valence-electron chi connectivity index (χ4n) is 3.85. The van der Waals surface area contributed by atoms with Gasteiger partial charge in [0.05, 0.1) is 47.0 Å². The minimum Gasteiger partial charge on any atom is -0.314 e. The molecular weight excluding hydrogens is 449 g/mol. The zero-order chi connectivity index (χ0) is 22.5. The first-order chi connectivity index (χ1) is 14.5. The van der Waals surface area contributed by atoms with Crippen molar-refractivity contribution in [2.75, 3.05) is 23.0 Å². The molecule has 4 rings (SSSR count). The maximum absolute atomic E-state index is 13.4. The van der Waals surface area contributed by atoms with Crippen molar-refractivity contribution >= 4 is 44.8 Å². The second-order valence-electron chi connectivity index (χ2n) is 7.85. The number of hydrogen-bond acceptors (Lipinski definition) is 5. The summed E-state index contributed by atoms with van der Waals surface area (Å²) in [6.07, 6.45) is 2.58. The Balaban J connectivity index is 1.55. The van der Waals surface area contributed by atoms with Crippen molar-refractivity contribution < 1.29 is 22.4 Å². The van der Waals surface area contributed by atoms with E-state index in [4.69, 9.17) is 11.6 Å². The first-order valence-corrected chi connectivity index (χ1v) is 11.9. The number of benzene rings is 1. The van der Waals surface area contributed by atoms with Gasteiger partial charge in [-0.2, -0.15) is 5.10 Å². The Morgan fingerprint density at radius 1 is 1.32 bits per heavy atom. The Morgan fingerprint density at radius 3 is 2.71 bits per heavy atom. The number of anilines is 2. The summed E-state index contributed by atoms with van der Waals surface area (Å²) in [5.41, 5.74) is 1.51. The molecule has 9 nitrogen and oxygen atoms in total. The van der Waals surface area contributed by atoms with E-state index in [9.17, 15) is 22.4 Å². The number of urea groups is 1. The Kier molecular flexibility index (Phi) is 5.42. The number of nitrogens with zero attached hydrogens (tertiary/aromatic N) is 4. The fraction of sp³-hybridized carbons (Fsp3) is 0.421. The maximum atomic E-state index is 13.4. The minimum atomic E-state index is -3.36. The van der Waals surface area contributed by atoms with E-state index in [1.165, 1.54) is 29.3 Å². The van der Waals surface area contributed by atoms with Gasteiger partial charge in [0.1, 0.15) is 5.82 Å². The van der Waals surface area contributed by atoms with Crippen LogP contribution in [0.1, 0.15) is 19.0 Å². The highest BCUT2D eigenvalue weighted by molar-refractivity contribution is 7.91. The number of sulfone groups is 1. The lowest BCUT2D eigenvalue weighted by atomic mass is 10.2. The second-order valence-corrected chi connectivity index (χ2v) is 10.6. The molecule has 0 radical (unpaired) electrons. The molecule has 1 aromatic carbocycles. The van der Waals surface area contributed by atoms with E-state index in [1.54, 1.807) is 9.58 Å². The van der Waals surface area contributed by atoms with Gasteiger partial charge in [0.25, 0.3) is 0 Å². The maximum Gasteiger partial charge on any atom is 0.322 e. The van der Waals surface area contributed by atoms with Crippen LogP contribution < -0.4 is 10.2 Å². The van der Waals surface area contributed by atoms with Crippen LogP contribution in [0, 0.1) is 5.82 Å². The van der Waals surface area contributed by atoms with Gasteiger partial charge in [-0.3, -0.25) is 9.48 Å². The van der Waals surface area contributed by atoms with E-state index in [-0.39, 0.29) is 36.5 Å². The predicted octanol–water partition coefficient (Wildman–Crippen LogP) is 2.26. The zero-order valence-corrected chi connectivity index (χ0v) is 18.5. The molecule has 0 bridgehead atoms. The van der Waals surface area contributed by atoms with Crippen LogP contribution in [0.15, 0.2) is 24.4 Å². The molecule has 1 aromatic heterocycles. The summed E-state index contributed by atoms with van der Waals surface area (Å²) >= 11 is 5.78. The molecule has 31 heavy (non-hydrogen) atoms. The highest BCUT2D eigenvalue weighted by Gasteiger charge is 2.39. The third-order valence-electron chi connectivity index (χ3n) is 5.63. The van der Waals surface area contributed by atoms with Crippen molar-refractivity contribution in [3.8, 4) is 0 Å². The van der Waals surface area contributed by atoms with Crippen LogP contribution in [0.3, 0.4) is 0 Å². The van der Waals surface area contributed by atoms with Crippen molar-refractivity contribution in [1.29, 1.82) is 0 Å². The molecule has 1 fully saturated rings. The van der Waals surface area contributed by atoms with Crippen LogP contribution >= 0.6 is 11.6 Å². The number of carbonyl (C=O) groups excluding carboxylic acids is 2. The topological polar surface area (TPSA) is 105 Å². The van der Waals surface area contributed by atoms with Crippen LogP contribution in [-0.2, 0) is 27.7 Å². The number of hydrogen-bond donors (Lipinski definition) is 1. The molecule has 3 amide bonds. The largest absolute Gasteiger partial charge is 0.322 e. The number of rotatable bonds is 3. The van der Waals surface area contributed by atoms with Gasteiger partial charge in [0.15, 0.2) is 9.84 Å². The minimum absolute atomic E-state index is 0.0617. The number of amides is 3. The van der Waals surface area contributed by atoms with Crippen molar-refractivity contribution in [3.05, 3.63) is 40.9 Å². The summed E-state index contributed by atoms with van der Waals surface area (Å²) in [5, 5.41) is 6.17. The van der Waals surface area contributed by atoms with Crippen LogP contribution in [0.4, 0.5) is 20.6 Å². The zero-order valence-electron chi connectivity index (χ0n) is 16.9. The normalized spacial score (nSPS) is 21.4. The summed E-state index contributed by atoms with van der Waals surface area (Å²) < 4.78 is 38.9. The SMILES string of the molecule is CC1Cn2ncc(N3CC(S(C)(=O)=O)CC3=O)c2CN1C(=O)Nc1ccc(F)c(Cl)c1. The summed E-state index contributed by atoms with van der Waals surface area (Å²) in [6.45, 7) is 2.50. The van der Waals surface area contributed by atoms with Gasteiger partial charge in [0.2, 0.25) is 5.91 Å². The van der Waals surface area contributed by atoms with E-state index in [0.29, 0.717) is 23.6 Å². The number of aromatic nitrogens is 2. The number of nitrogens with one attached hydrogen (secondary N) is 1. The molecule has 2 unspecified atom stereocenters. The van der Waals surface area contributed by atoms with Crippen molar-refractivity contribution in [2.24, 2.45) is 0 Å². The monoisotopic (exact) mass is 469 g/mol. The quantitative estimate of drug-likeness (QED) is 0.742. The first kappa shape index (κ1) is 21.6. The molecule has 0 saturated carbocycles. The molecule has 0 spiro atoms. The van der Waals surface area contributed by atoms with Crippen molar-refractivity contribution in [1.82, 2.24) is 14.7 Å². The standard InChI is InChI=1S/C19H21ClFN5O4S/c1-11-8-26-17(10-24(11)19(28)23-12-3-4-15(21)14(20)5-12)16(7-22-26)25-9-13(6-18(25)27)31(2,29)30/h3-5,7,11,13H,6,8-10H2,1-2H3,(H,23,28). The van der Waals surface area contributed by atoms with E-state index in [1.807, 2.05) is 6.92 Å². The van der Waals surface area contributed by atoms with Gasteiger partial charge < -0.3 is 15.1 Å². The molecule has 2 atom stereocenters. The average Bonchev–Trinajstić information content (AvgIpc) is 3.26. The Bertz CT molecular complexity index is 1170. The van der Waals surface area contributed by atoms with Crippen LogP contribution in [0.2, 0.25) is 5.02 Å². The van der Waals surface area contributed by atoms with Crippen LogP contribution in [0.25, 0.3) is 0 Å². The smallest absolute Gasteiger partial charge is 0.314 e. The average molecular weight is 470 g/mol. The molecule has 1 saturated heterocycles. The highest BCUT2D eigenvalue weighted by Crippen LogP contribution is 2.32. The van der Waals surface area contributed by atoms with Gasteiger partial charge in [-0.15, -0.1) is 0 Å². The summed E-state index contributed by atoms with van der Waals surface area (Å²) in [6, 6.07) is 3.30. The van der Waals surface area contributed by atoms with Gasteiger partial charge in [-0.1, -0.05) is 11.6 Å².